The minimum absolute atomic E-state index is 0.681. The molecule has 0 aliphatic rings. The summed E-state index contributed by atoms with van der Waals surface area (Å²) in [5, 5.41) is 0. The average molecular weight is 302 g/mol. The molecule has 128 valence electrons. The molecule has 0 aliphatic carbocycles. The largest absolute Gasteiger partial charge is 0.379 e. The van der Waals surface area contributed by atoms with E-state index < -0.39 is 0 Å². The Morgan fingerprint density at radius 1 is 0.476 bits per heavy atom. The Labute approximate surface area is 132 Å². The first-order valence-electron chi connectivity index (χ1n) is 8.86. The summed E-state index contributed by atoms with van der Waals surface area (Å²) in [6.07, 6.45) is 7.46. The minimum Gasteiger partial charge on any atom is -0.379 e. The van der Waals surface area contributed by atoms with E-state index in [0.29, 0.717) is 26.4 Å². The number of unbranched alkanes of at least 4 members (excludes halogenated alkanes) is 2. The lowest BCUT2D eigenvalue weighted by Gasteiger charge is -2.08. The Hall–Kier alpha value is -0.120. The van der Waals surface area contributed by atoms with Gasteiger partial charge in [-0.05, 0) is 24.7 Å². The lowest BCUT2D eigenvalue weighted by atomic mass is 10.1. The molecule has 0 spiro atoms. The molecular weight excluding hydrogens is 264 g/mol. The molecule has 0 rings (SSSR count). The summed E-state index contributed by atoms with van der Waals surface area (Å²) in [5.41, 5.74) is 0. The zero-order chi connectivity index (χ0) is 15.8. The van der Waals surface area contributed by atoms with Crippen molar-refractivity contribution in [3.05, 3.63) is 0 Å². The Morgan fingerprint density at radius 2 is 0.810 bits per heavy atom. The van der Waals surface area contributed by atoms with Crippen molar-refractivity contribution in [3.8, 4) is 0 Å². The lowest BCUT2D eigenvalue weighted by molar-refractivity contribution is 0.0131. The third-order valence-corrected chi connectivity index (χ3v) is 3.38. The monoisotopic (exact) mass is 302 g/mol. The quantitative estimate of drug-likeness (QED) is 0.387. The molecule has 0 heterocycles. The second kappa shape index (κ2) is 16.3. The summed E-state index contributed by atoms with van der Waals surface area (Å²) in [7, 11) is 0. The predicted octanol–water partition coefficient (Wildman–Crippen LogP) is 4.69. The Kier molecular flexibility index (Phi) is 16.2. The zero-order valence-electron chi connectivity index (χ0n) is 14.9. The molecule has 3 nitrogen and oxygen atoms in total. The van der Waals surface area contributed by atoms with Crippen molar-refractivity contribution in [2.24, 2.45) is 11.8 Å². The second-order valence-electron chi connectivity index (χ2n) is 6.62. The topological polar surface area (TPSA) is 27.7 Å². The fraction of sp³-hybridized carbons (Fsp3) is 1.00. The summed E-state index contributed by atoms with van der Waals surface area (Å²) in [5.74, 6) is 1.61. The highest BCUT2D eigenvalue weighted by Gasteiger charge is 1.96. The third kappa shape index (κ3) is 19.9. The van der Waals surface area contributed by atoms with Crippen molar-refractivity contribution in [1.29, 1.82) is 0 Å². The molecule has 0 fully saturated rings. The maximum Gasteiger partial charge on any atom is 0.0701 e. The highest BCUT2D eigenvalue weighted by atomic mass is 16.5. The van der Waals surface area contributed by atoms with Crippen LogP contribution in [-0.4, -0.2) is 39.6 Å². The van der Waals surface area contributed by atoms with Gasteiger partial charge in [-0.1, -0.05) is 53.4 Å². The molecule has 0 amide bonds. The molecule has 0 N–H and O–H groups in total. The highest BCUT2D eigenvalue weighted by Crippen LogP contribution is 2.06. The fourth-order valence-corrected chi connectivity index (χ4v) is 2.06. The normalized spacial score (nSPS) is 11.7. The van der Waals surface area contributed by atoms with Crippen molar-refractivity contribution in [3.63, 3.8) is 0 Å². The van der Waals surface area contributed by atoms with Crippen LogP contribution < -0.4 is 0 Å². The SMILES string of the molecule is CC(C)CCCCOCCOCCOCCCCC(C)C. The molecule has 0 saturated heterocycles. The van der Waals surface area contributed by atoms with Crippen LogP contribution in [0, 0.1) is 11.8 Å². The smallest absolute Gasteiger partial charge is 0.0701 e. The average Bonchev–Trinajstić information content (AvgIpc) is 2.42. The van der Waals surface area contributed by atoms with Crippen LogP contribution in [0.4, 0.5) is 0 Å². The minimum atomic E-state index is 0.681. The van der Waals surface area contributed by atoms with Crippen molar-refractivity contribution < 1.29 is 14.2 Å². The summed E-state index contributed by atoms with van der Waals surface area (Å²) in [4.78, 5) is 0. The van der Waals surface area contributed by atoms with Crippen LogP contribution in [0.15, 0.2) is 0 Å². The molecule has 0 aromatic carbocycles. The Morgan fingerprint density at radius 3 is 1.14 bits per heavy atom. The van der Waals surface area contributed by atoms with Gasteiger partial charge >= 0.3 is 0 Å². The van der Waals surface area contributed by atoms with Crippen molar-refractivity contribution in [2.45, 2.75) is 66.2 Å². The molecule has 21 heavy (non-hydrogen) atoms. The van der Waals surface area contributed by atoms with Gasteiger partial charge in [-0.15, -0.1) is 0 Å². The predicted molar refractivity (Wildman–Crippen MR) is 89.8 cm³/mol. The van der Waals surface area contributed by atoms with Gasteiger partial charge in [-0.3, -0.25) is 0 Å². The number of ether oxygens (including phenoxy) is 3. The van der Waals surface area contributed by atoms with Gasteiger partial charge in [0.15, 0.2) is 0 Å². The van der Waals surface area contributed by atoms with Gasteiger partial charge in [0.2, 0.25) is 0 Å². The molecule has 0 radical (unpaired) electrons. The van der Waals surface area contributed by atoms with Crippen LogP contribution in [0.25, 0.3) is 0 Å². The van der Waals surface area contributed by atoms with Crippen LogP contribution in [0.1, 0.15) is 66.2 Å². The first-order chi connectivity index (χ1) is 10.1. The summed E-state index contributed by atoms with van der Waals surface area (Å²) >= 11 is 0. The fourth-order valence-electron chi connectivity index (χ4n) is 2.06. The third-order valence-electron chi connectivity index (χ3n) is 3.38. The van der Waals surface area contributed by atoms with Gasteiger partial charge in [-0.25, -0.2) is 0 Å². The van der Waals surface area contributed by atoms with Crippen LogP contribution in [0.3, 0.4) is 0 Å². The van der Waals surface area contributed by atoms with E-state index in [2.05, 4.69) is 27.7 Å². The molecule has 0 bridgehead atoms. The van der Waals surface area contributed by atoms with Gasteiger partial charge in [0.1, 0.15) is 0 Å². The van der Waals surface area contributed by atoms with E-state index in [1.54, 1.807) is 0 Å². The van der Waals surface area contributed by atoms with E-state index in [0.717, 1.165) is 37.9 Å². The van der Waals surface area contributed by atoms with Gasteiger partial charge in [0.05, 0.1) is 26.4 Å². The van der Waals surface area contributed by atoms with Gasteiger partial charge in [0.25, 0.3) is 0 Å². The molecule has 0 aromatic rings. The van der Waals surface area contributed by atoms with Crippen molar-refractivity contribution in [1.82, 2.24) is 0 Å². The van der Waals surface area contributed by atoms with Crippen LogP contribution in [0.5, 0.6) is 0 Å². The van der Waals surface area contributed by atoms with E-state index in [1.807, 2.05) is 0 Å². The van der Waals surface area contributed by atoms with Gasteiger partial charge in [-0.2, -0.15) is 0 Å². The van der Waals surface area contributed by atoms with E-state index in [1.165, 1.54) is 25.7 Å². The molecule has 0 unspecified atom stereocenters. The zero-order valence-corrected chi connectivity index (χ0v) is 14.9. The number of rotatable bonds is 16. The van der Waals surface area contributed by atoms with E-state index >= 15 is 0 Å². The van der Waals surface area contributed by atoms with Crippen LogP contribution in [-0.2, 0) is 14.2 Å². The summed E-state index contributed by atoms with van der Waals surface area (Å²) in [6.45, 7) is 13.6. The van der Waals surface area contributed by atoms with Crippen LogP contribution >= 0.6 is 0 Å². The first kappa shape index (κ1) is 20.9. The first-order valence-corrected chi connectivity index (χ1v) is 8.86. The Bertz CT molecular complexity index is 173. The van der Waals surface area contributed by atoms with Gasteiger partial charge in [0, 0.05) is 13.2 Å². The van der Waals surface area contributed by atoms with Crippen LogP contribution in [0.2, 0.25) is 0 Å². The molecule has 3 heteroatoms. The lowest BCUT2D eigenvalue weighted by Crippen LogP contribution is -2.10. The molecule has 0 aliphatic heterocycles. The Balaban J connectivity index is 2.96. The molecule has 0 aromatic heterocycles. The summed E-state index contributed by atoms with van der Waals surface area (Å²) in [6, 6.07) is 0. The van der Waals surface area contributed by atoms with Gasteiger partial charge < -0.3 is 14.2 Å². The van der Waals surface area contributed by atoms with E-state index in [-0.39, 0.29) is 0 Å². The van der Waals surface area contributed by atoms with Crippen molar-refractivity contribution in [2.75, 3.05) is 39.6 Å². The van der Waals surface area contributed by atoms with Crippen molar-refractivity contribution >= 4 is 0 Å². The second-order valence-corrected chi connectivity index (χ2v) is 6.62. The molecule has 0 atom stereocenters. The molecule has 0 saturated carbocycles. The standard InChI is InChI=1S/C18H38O3/c1-17(2)9-5-7-11-19-13-15-21-16-14-20-12-8-6-10-18(3)4/h17-18H,5-16H2,1-4H3. The molecular formula is C18H38O3. The maximum atomic E-state index is 5.53. The van der Waals surface area contributed by atoms with E-state index in [4.69, 9.17) is 14.2 Å². The number of hydrogen-bond acceptors (Lipinski definition) is 3. The van der Waals surface area contributed by atoms with E-state index in [9.17, 15) is 0 Å². The number of hydrogen-bond donors (Lipinski definition) is 0. The highest BCUT2D eigenvalue weighted by molar-refractivity contribution is 4.47. The maximum absolute atomic E-state index is 5.53. The summed E-state index contributed by atoms with van der Waals surface area (Å²) < 4.78 is 16.5.